The maximum atomic E-state index is 14.3. The molecule has 5 aliphatic rings. The van der Waals surface area contributed by atoms with E-state index in [0.29, 0.717) is 30.4 Å². The van der Waals surface area contributed by atoms with Crippen molar-refractivity contribution in [2.45, 2.75) is 53.9 Å². The lowest BCUT2D eigenvalue weighted by molar-refractivity contribution is -0.144. The van der Waals surface area contributed by atoms with E-state index in [9.17, 15) is 24.3 Å². The lowest BCUT2D eigenvalue weighted by atomic mass is 9.56. The monoisotopic (exact) mass is 651 g/mol. The molecule has 2 aliphatic carbocycles. The highest BCUT2D eigenvalue weighted by Gasteiger charge is 2.76. The molecule has 6 unspecified atom stereocenters. The molecule has 11 heteroatoms. The van der Waals surface area contributed by atoms with E-state index in [1.165, 1.54) is 36.8 Å². The first kappa shape index (κ1) is 30.3. The third kappa shape index (κ3) is 4.30. The number of rotatable bonds is 5. The van der Waals surface area contributed by atoms with Crippen LogP contribution >= 0.6 is 23.2 Å². The first-order valence-electron chi connectivity index (χ1n) is 15.4. The molecule has 7 rings (SSSR count). The molecule has 2 aromatic carbocycles. The summed E-state index contributed by atoms with van der Waals surface area (Å²) in [6.07, 6.45) is 3.53. The van der Waals surface area contributed by atoms with Crippen molar-refractivity contribution in [3.63, 3.8) is 0 Å². The van der Waals surface area contributed by atoms with Crippen molar-refractivity contribution < 1.29 is 29.0 Å². The number of fused-ring (bicyclic) bond motifs is 4. The number of alkyl halides is 2. The predicted octanol–water partition coefficient (Wildman–Crippen LogP) is 4.05. The Morgan fingerprint density at radius 3 is 2.36 bits per heavy atom. The van der Waals surface area contributed by atoms with E-state index in [2.05, 4.69) is 17.0 Å². The Kier molecular flexibility index (Phi) is 7.30. The van der Waals surface area contributed by atoms with Gasteiger partial charge in [0.15, 0.2) is 9.75 Å². The van der Waals surface area contributed by atoms with E-state index in [4.69, 9.17) is 27.9 Å². The van der Waals surface area contributed by atoms with Crippen LogP contribution in [0.25, 0.3) is 0 Å². The highest BCUT2D eigenvalue weighted by atomic mass is 35.5. The zero-order valence-electron chi connectivity index (χ0n) is 25.1. The third-order valence-electron chi connectivity index (χ3n) is 10.7. The molecule has 3 heterocycles. The summed E-state index contributed by atoms with van der Waals surface area (Å²) >= 11 is 14.5. The van der Waals surface area contributed by atoms with Gasteiger partial charge < -0.3 is 9.84 Å². The number of methoxy groups -OCH3 is 1. The summed E-state index contributed by atoms with van der Waals surface area (Å²) in [6, 6.07) is 14.5. The van der Waals surface area contributed by atoms with Gasteiger partial charge in [0, 0.05) is 50.3 Å². The molecule has 4 amide bonds. The van der Waals surface area contributed by atoms with Gasteiger partial charge in [-0.2, -0.15) is 0 Å². The fraction of sp³-hybridized carbons (Fsp3) is 0.471. The van der Waals surface area contributed by atoms with Crippen LogP contribution < -0.4 is 4.74 Å². The van der Waals surface area contributed by atoms with Gasteiger partial charge in [0.05, 0.1) is 18.9 Å². The molecule has 45 heavy (non-hydrogen) atoms. The predicted molar refractivity (Wildman–Crippen MR) is 167 cm³/mol. The van der Waals surface area contributed by atoms with Gasteiger partial charge in [-0.1, -0.05) is 48.0 Å². The smallest absolute Gasteiger partial charge is 0.253 e. The van der Waals surface area contributed by atoms with Crippen molar-refractivity contribution in [3.8, 4) is 11.5 Å². The van der Waals surface area contributed by atoms with Crippen LogP contribution in [0.4, 0.5) is 0 Å². The Balaban J connectivity index is 1.22. The Morgan fingerprint density at radius 1 is 0.956 bits per heavy atom. The number of ether oxygens (including phenoxy) is 1. The summed E-state index contributed by atoms with van der Waals surface area (Å²) in [7, 11) is 2.80. The average molecular weight is 653 g/mol. The highest BCUT2D eigenvalue weighted by molar-refractivity contribution is 6.53. The van der Waals surface area contributed by atoms with Crippen LogP contribution in [-0.2, 0) is 25.7 Å². The van der Waals surface area contributed by atoms with Crippen molar-refractivity contribution in [2.75, 3.05) is 27.2 Å². The van der Waals surface area contributed by atoms with E-state index in [-0.39, 0.29) is 35.8 Å². The van der Waals surface area contributed by atoms with E-state index in [1.807, 2.05) is 24.3 Å². The van der Waals surface area contributed by atoms with Gasteiger partial charge in [-0.15, -0.1) is 23.2 Å². The molecule has 3 saturated heterocycles. The number of imide groups is 2. The number of carbonyl (C=O) groups excluding carboxylic acids is 4. The van der Waals surface area contributed by atoms with Crippen LogP contribution in [0.1, 0.15) is 42.7 Å². The summed E-state index contributed by atoms with van der Waals surface area (Å²) in [4.78, 5) is 56.8. The van der Waals surface area contributed by atoms with E-state index >= 15 is 0 Å². The molecule has 0 aromatic heterocycles. The Labute approximate surface area is 271 Å². The number of aromatic hydroxyl groups is 1. The number of hydrogen-bond acceptors (Lipinski definition) is 7. The molecule has 9 nitrogen and oxygen atoms in total. The number of hydrogen-bond donors (Lipinski definition) is 1. The summed E-state index contributed by atoms with van der Waals surface area (Å²) in [5.41, 5.74) is 2.39. The molecular formula is C34H35Cl2N3O6. The van der Waals surface area contributed by atoms with E-state index in [1.54, 1.807) is 6.07 Å². The fourth-order valence-electron chi connectivity index (χ4n) is 8.59. The van der Waals surface area contributed by atoms with Gasteiger partial charge in [0.25, 0.3) is 11.8 Å². The van der Waals surface area contributed by atoms with Crippen molar-refractivity contribution >= 4 is 46.8 Å². The van der Waals surface area contributed by atoms with Gasteiger partial charge in [0.2, 0.25) is 11.8 Å². The topological polar surface area (TPSA) is 107 Å². The van der Waals surface area contributed by atoms with Crippen LogP contribution in [0.2, 0.25) is 0 Å². The van der Waals surface area contributed by atoms with Crippen molar-refractivity contribution in [1.82, 2.24) is 14.7 Å². The number of amides is 4. The second kappa shape index (κ2) is 10.9. The number of carbonyl (C=O) groups is 4. The summed E-state index contributed by atoms with van der Waals surface area (Å²) in [6.45, 7) is 2.35. The van der Waals surface area contributed by atoms with Crippen molar-refractivity contribution in [2.24, 2.45) is 17.8 Å². The number of allylic oxidation sites excluding steroid dienone is 2. The van der Waals surface area contributed by atoms with Crippen LogP contribution in [0, 0.1) is 17.8 Å². The number of likely N-dealkylation sites (tertiary alicyclic amines) is 3. The van der Waals surface area contributed by atoms with E-state index < -0.39 is 45.2 Å². The quantitative estimate of drug-likeness (QED) is 0.295. The SMILES string of the molecule is COc1cc(O)ccc1C1C2=CCC3C(=O)N(C4CCN(Cc5ccccc5)CC4)C(=O)C3C2CC2(Cl)C(=O)N(C)C(=O)C12Cl. The van der Waals surface area contributed by atoms with Crippen LogP contribution in [0.3, 0.4) is 0 Å². The molecule has 3 aliphatic heterocycles. The van der Waals surface area contributed by atoms with Gasteiger partial charge in [-0.3, -0.25) is 33.9 Å². The number of benzene rings is 2. The first-order chi connectivity index (χ1) is 21.5. The van der Waals surface area contributed by atoms with Crippen molar-refractivity contribution in [3.05, 3.63) is 71.3 Å². The lowest BCUT2D eigenvalue weighted by Crippen LogP contribution is -2.60. The Hall–Kier alpha value is -3.40. The summed E-state index contributed by atoms with van der Waals surface area (Å²) in [5.74, 6) is -4.31. The zero-order chi connectivity index (χ0) is 31.8. The molecule has 1 saturated carbocycles. The number of halogens is 2. The van der Waals surface area contributed by atoms with Gasteiger partial charge in [-0.25, -0.2) is 0 Å². The number of phenols is 1. The number of piperidine rings is 1. The molecule has 2 aromatic rings. The second-order valence-corrected chi connectivity index (χ2v) is 14.2. The molecule has 0 spiro atoms. The average Bonchev–Trinajstić information content (AvgIpc) is 3.37. The number of nitrogens with zero attached hydrogens (tertiary/aromatic N) is 3. The minimum Gasteiger partial charge on any atom is -0.508 e. The molecule has 0 bridgehead atoms. The molecule has 1 N–H and O–H groups in total. The fourth-order valence-corrected chi connectivity index (χ4v) is 9.60. The standard InChI is InChI=1S/C34H35Cl2N3O6/c1-37-31(43)33(35)17-25-22(28(34(33,36)32(37)44)23-9-8-21(40)16-26(23)45-2)10-11-24-27(25)30(42)39(29(24)41)20-12-14-38(15-13-20)18-19-6-4-3-5-7-19/h3-10,16,20,24-25,27-28,40H,11-15,17-18H2,1-2H3. The van der Waals surface area contributed by atoms with Crippen LogP contribution in [0.15, 0.2) is 60.2 Å². The minimum absolute atomic E-state index is 0.0469. The molecule has 0 radical (unpaired) electrons. The minimum atomic E-state index is -1.91. The van der Waals surface area contributed by atoms with Crippen LogP contribution in [0.5, 0.6) is 11.5 Å². The zero-order valence-corrected chi connectivity index (χ0v) is 26.6. The Bertz CT molecular complexity index is 1620. The second-order valence-electron chi connectivity index (χ2n) is 13.0. The Morgan fingerprint density at radius 2 is 1.67 bits per heavy atom. The molecule has 6 atom stereocenters. The summed E-state index contributed by atoms with van der Waals surface area (Å²) in [5, 5.41) is 10.2. The van der Waals surface area contributed by atoms with E-state index in [0.717, 1.165) is 24.5 Å². The van der Waals surface area contributed by atoms with Gasteiger partial charge in [-0.05, 0) is 43.2 Å². The van der Waals surface area contributed by atoms with Crippen LogP contribution in [-0.4, -0.2) is 86.5 Å². The maximum Gasteiger partial charge on any atom is 0.253 e. The third-order valence-corrected chi connectivity index (χ3v) is 12.2. The lowest BCUT2D eigenvalue weighted by Gasteiger charge is -2.51. The molecule has 236 valence electrons. The van der Waals surface area contributed by atoms with Gasteiger partial charge >= 0.3 is 0 Å². The van der Waals surface area contributed by atoms with Gasteiger partial charge in [0.1, 0.15) is 11.5 Å². The van der Waals surface area contributed by atoms with Crippen molar-refractivity contribution in [1.29, 1.82) is 0 Å². The maximum absolute atomic E-state index is 14.3. The number of phenolic OH excluding ortho intramolecular Hbond substituents is 1. The normalized spacial score (nSPS) is 33.6. The largest absolute Gasteiger partial charge is 0.508 e. The molecular weight excluding hydrogens is 617 g/mol. The molecule has 4 fully saturated rings. The summed E-state index contributed by atoms with van der Waals surface area (Å²) < 4.78 is 5.61. The highest BCUT2D eigenvalue weighted by Crippen LogP contribution is 2.66. The first-order valence-corrected chi connectivity index (χ1v) is 16.2.